The van der Waals surface area contributed by atoms with Gasteiger partial charge in [-0.05, 0) is 67.3 Å². The second-order valence-corrected chi connectivity index (χ2v) is 10.9. The number of nitrogens with one attached hydrogen (secondary N) is 1. The van der Waals surface area contributed by atoms with Crippen molar-refractivity contribution < 1.29 is 19.0 Å². The number of benzene rings is 1. The number of hydrogen-bond donors (Lipinski definition) is 2. The first-order valence-corrected chi connectivity index (χ1v) is 13.3. The summed E-state index contributed by atoms with van der Waals surface area (Å²) in [7, 11) is 0. The summed E-state index contributed by atoms with van der Waals surface area (Å²) < 4.78 is 21.2. The highest BCUT2D eigenvalue weighted by atomic mass is 19.1. The lowest BCUT2D eigenvalue weighted by molar-refractivity contribution is -0.128. The van der Waals surface area contributed by atoms with E-state index in [9.17, 15) is 19.1 Å². The van der Waals surface area contributed by atoms with Crippen LogP contribution in [-0.4, -0.2) is 59.4 Å². The van der Waals surface area contributed by atoms with E-state index in [1.165, 1.54) is 12.1 Å². The quantitative estimate of drug-likeness (QED) is 0.617. The minimum absolute atomic E-state index is 0.00677. The van der Waals surface area contributed by atoms with Gasteiger partial charge in [-0.25, -0.2) is 4.39 Å². The van der Waals surface area contributed by atoms with Crippen molar-refractivity contribution >= 4 is 5.91 Å². The first-order chi connectivity index (χ1) is 17.5. The summed E-state index contributed by atoms with van der Waals surface area (Å²) in [4.78, 5) is 29.3. The number of aromatic nitrogens is 1. The molecule has 1 aliphatic carbocycles. The SMILES string of the molecule is O=C(NCC1CC1)[C@H]1[C@H](CO)[C@H]2Cn3c(ccc(-c4cccc(F)c4)c3=O)[C@H]2N1CC1CCOCC1. The van der Waals surface area contributed by atoms with E-state index in [-0.39, 0.29) is 41.8 Å². The van der Waals surface area contributed by atoms with Gasteiger partial charge in [-0.1, -0.05) is 12.1 Å². The van der Waals surface area contributed by atoms with Crippen molar-refractivity contribution in [2.75, 3.05) is 32.9 Å². The maximum absolute atomic E-state index is 13.9. The molecule has 192 valence electrons. The summed E-state index contributed by atoms with van der Waals surface area (Å²) in [5.41, 5.74) is 1.76. The second kappa shape index (κ2) is 9.72. The van der Waals surface area contributed by atoms with Crippen LogP contribution in [0, 0.1) is 29.5 Å². The average Bonchev–Trinajstić information content (AvgIpc) is 3.56. The van der Waals surface area contributed by atoms with Gasteiger partial charge in [-0.15, -0.1) is 0 Å². The molecule has 1 aromatic carbocycles. The van der Waals surface area contributed by atoms with Crippen LogP contribution in [0.1, 0.15) is 37.4 Å². The second-order valence-electron chi connectivity index (χ2n) is 10.9. The molecule has 4 atom stereocenters. The van der Waals surface area contributed by atoms with Crippen LogP contribution in [0.3, 0.4) is 0 Å². The topological polar surface area (TPSA) is 83.8 Å². The Balaban J connectivity index is 1.36. The van der Waals surface area contributed by atoms with E-state index in [1.54, 1.807) is 22.8 Å². The molecule has 1 amide bonds. The van der Waals surface area contributed by atoms with E-state index in [4.69, 9.17) is 4.74 Å². The highest BCUT2D eigenvalue weighted by Gasteiger charge is 2.55. The van der Waals surface area contributed by atoms with Crippen LogP contribution in [-0.2, 0) is 16.1 Å². The Hall–Kier alpha value is -2.55. The lowest BCUT2D eigenvalue weighted by Gasteiger charge is -2.35. The molecule has 2 N–H and O–H groups in total. The minimum Gasteiger partial charge on any atom is -0.396 e. The molecule has 2 saturated heterocycles. The summed E-state index contributed by atoms with van der Waals surface area (Å²) >= 11 is 0. The number of amides is 1. The zero-order chi connectivity index (χ0) is 24.8. The molecule has 3 aliphatic heterocycles. The normalized spacial score (nSPS) is 28.2. The summed E-state index contributed by atoms with van der Waals surface area (Å²) in [6.45, 7) is 3.23. The van der Waals surface area contributed by atoms with E-state index in [1.807, 2.05) is 6.07 Å². The Morgan fingerprint density at radius 1 is 1.11 bits per heavy atom. The molecule has 0 bridgehead atoms. The smallest absolute Gasteiger partial charge is 0.258 e. The predicted octanol–water partition coefficient (Wildman–Crippen LogP) is 2.57. The number of aliphatic hydroxyl groups excluding tert-OH is 1. The van der Waals surface area contributed by atoms with Crippen molar-refractivity contribution in [1.82, 2.24) is 14.8 Å². The van der Waals surface area contributed by atoms with Crippen LogP contribution in [0.4, 0.5) is 4.39 Å². The number of rotatable bonds is 7. The van der Waals surface area contributed by atoms with Gasteiger partial charge in [0.15, 0.2) is 0 Å². The molecule has 36 heavy (non-hydrogen) atoms. The van der Waals surface area contributed by atoms with Gasteiger partial charge in [0.25, 0.3) is 5.56 Å². The number of fused-ring (bicyclic) bond motifs is 3. The van der Waals surface area contributed by atoms with Gasteiger partial charge < -0.3 is 19.7 Å². The van der Waals surface area contributed by atoms with Crippen LogP contribution >= 0.6 is 0 Å². The number of aliphatic hydroxyl groups is 1. The van der Waals surface area contributed by atoms with Gasteiger partial charge >= 0.3 is 0 Å². The van der Waals surface area contributed by atoms with Gasteiger partial charge in [0.1, 0.15) is 5.82 Å². The number of halogens is 1. The number of carbonyl (C=O) groups is 1. The molecule has 1 aromatic heterocycles. The number of hydrogen-bond acceptors (Lipinski definition) is 5. The molecule has 4 aliphatic rings. The number of pyridine rings is 1. The molecule has 0 spiro atoms. The van der Waals surface area contributed by atoms with Crippen LogP contribution in [0.5, 0.6) is 0 Å². The standard InChI is InChI=1S/C28H34FN3O4/c29-20-3-1-2-19(12-20)21-6-7-24-25-22(15-31(24)28(21)35)23(16-33)26(27(34)30-13-17-4-5-17)32(25)14-18-8-10-36-11-9-18/h1-3,6-7,12,17-18,22-23,25-26,33H,4-5,8-11,13-16H2,(H,30,34)/t22-,23-,25+,26-/m1/s1. The molecule has 0 unspecified atom stereocenters. The Morgan fingerprint density at radius 2 is 1.92 bits per heavy atom. The van der Waals surface area contributed by atoms with Crippen molar-refractivity contribution in [3.63, 3.8) is 0 Å². The predicted molar refractivity (Wildman–Crippen MR) is 133 cm³/mol. The summed E-state index contributed by atoms with van der Waals surface area (Å²) in [6.07, 6.45) is 4.21. The number of carbonyl (C=O) groups excluding carboxylic acids is 1. The van der Waals surface area contributed by atoms with Crippen molar-refractivity contribution in [2.45, 2.75) is 44.3 Å². The van der Waals surface area contributed by atoms with Gasteiger partial charge in [-0.2, -0.15) is 0 Å². The molecular weight excluding hydrogens is 461 g/mol. The van der Waals surface area contributed by atoms with Crippen LogP contribution in [0.25, 0.3) is 11.1 Å². The third-order valence-corrected chi connectivity index (χ3v) is 8.67. The van der Waals surface area contributed by atoms with E-state index < -0.39 is 6.04 Å². The molecule has 1 saturated carbocycles. The maximum atomic E-state index is 13.9. The Labute approximate surface area is 210 Å². The Morgan fingerprint density at radius 3 is 2.64 bits per heavy atom. The monoisotopic (exact) mass is 495 g/mol. The van der Waals surface area contributed by atoms with Crippen LogP contribution < -0.4 is 10.9 Å². The van der Waals surface area contributed by atoms with E-state index in [0.717, 1.165) is 51.1 Å². The minimum atomic E-state index is -0.418. The fraction of sp³-hybridized carbons (Fsp3) is 0.571. The largest absolute Gasteiger partial charge is 0.396 e. The third kappa shape index (κ3) is 4.29. The van der Waals surface area contributed by atoms with Gasteiger partial charge in [-0.3, -0.25) is 14.5 Å². The lowest BCUT2D eigenvalue weighted by atomic mass is 9.88. The molecule has 4 heterocycles. The molecule has 8 heteroatoms. The van der Waals surface area contributed by atoms with Gasteiger partial charge in [0.2, 0.25) is 5.91 Å². The first kappa shape index (κ1) is 23.8. The third-order valence-electron chi connectivity index (χ3n) is 8.67. The number of ether oxygens (including phenoxy) is 1. The summed E-state index contributed by atoms with van der Waals surface area (Å²) in [5, 5.41) is 13.7. The van der Waals surface area contributed by atoms with E-state index in [0.29, 0.717) is 36.1 Å². The molecular formula is C28H34FN3O4. The Kier molecular flexibility index (Phi) is 6.44. The van der Waals surface area contributed by atoms with E-state index >= 15 is 0 Å². The molecule has 2 aromatic rings. The highest BCUT2D eigenvalue weighted by Crippen LogP contribution is 2.50. The van der Waals surface area contributed by atoms with Crippen LogP contribution in [0.15, 0.2) is 41.2 Å². The van der Waals surface area contributed by atoms with Crippen molar-refractivity contribution in [3.8, 4) is 11.1 Å². The Bertz CT molecular complexity index is 1190. The molecule has 0 radical (unpaired) electrons. The number of likely N-dealkylation sites (tertiary alicyclic amines) is 1. The van der Waals surface area contributed by atoms with E-state index in [2.05, 4.69) is 10.2 Å². The maximum Gasteiger partial charge on any atom is 0.258 e. The van der Waals surface area contributed by atoms with Crippen molar-refractivity contribution in [2.24, 2.45) is 23.7 Å². The fourth-order valence-electron chi connectivity index (χ4n) is 6.59. The summed E-state index contributed by atoms with van der Waals surface area (Å²) in [5.74, 6) is 0.299. The molecule has 6 rings (SSSR count). The van der Waals surface area contributed by atoms with Gasteiger partial charge in [0.05, 0.1) is 12.1 Å². The lowest BCUT2D eigenvalue weighted by Crippen LogP contribution is -2.50. The molecule has 7 nitrogen and oxygen atoms in total. The molecule has 3 fully saturated rings. The first-order valence-electron chi connectivity index (χ1n) is 13.3. The highest BCUT2D eigenvalue weighted by molar-refractivity contribution is 5.83. The summed E-state index contributed by atoms with van der Waals surface area (Å²) in [6, 6.07) is 9.32. The fourth-order valence-corrected chi connectivity index (χ4v) is 6.59. The van der Waals surface area contributed by atoms with Crippen molar-refractivity contribution in [3.05, 3.63) is 58.3 Å². The number of nitrogens with zero attached hydrogens (tertiary/aromatic N) is 2. The van der Waals surface area contributed by atoms with Crippen molar-refractivity contribution in [1.29, 1.82) is 0 Å². The average molecular weight is 496 g/mol. The zero-order valence-corrected chi connectivity index (χ0v) is 20.4. The van der Waals surface area contributed by atoms with Gasteiger partial charge in [0, 0.05) is 62.5 Å². The van der Waals surface area contributed by atoms with Crippen LogP contribution in [0.2, 0.25) is 0 Å². The zero-order valence-electron chi connectivity index (χ0n) is 20.4.